The van der Waals surface area contributed by atoms with Crippen LogP contribution in [0.5, 0.6) is 5.75 Å². The van der Waals surface area contributed by atoms with Gasteiger partial charge >= 0.3 is 0 Å². The third-order valence-corrected chi connectivity index (χ3v) is 4.15. The van der Waals surface area contributed by atoms with E-state index in [2.05, 4.69) is 53.1 Å². The summed E-state index contributed by atoms with van der Waals surface area (Å²) in [7, 11) is 1.58. The standard InChI is InChI=1S/C14H10Br3NO2/c1-20-11-5-9(16)4-10(7-11)18-14(19)12-3-2-8(15)6-13(12)17/h2-7H,1H3,(H,18,19). The predicted octanol–water partition coefficient (Wildman–Crippen LogP) is 5.24. The van der Waals surface area contributed by atoms with Crippen molar-refractivity contribution in [3.05, 3.63) is 55.4 Å². The van der Waals surface area contributed by atoms with Crippen LogP contribution in [0.4, 0.5) is 5.69 Å². The summed E-state index contributed by atoms with van der Waals surface area (Å²) in [5.41, 5.74) is 1.23. The molecule has 0 aliphatic heterocycles. The van der Waals surface area contributed by atoms with Gasteiger partial charge in [-0.2, -0.15) is 0 Å². The molecule has 0 radical (unpaired) electrons. The monoisotopic (exact) mass is 461 g/mol. The number of benzene rings is 2. The minimum absolute atomic E-state index is 0.190. The third-order valence-electron chi connectivity index (χ3n) is 2.54. The van der Waals surface area contributed by atoms with Crippen LogP contribution in [0.25, 0.3) is 0 Å². The van der Waals surface area contributed by atoms with Crippen LogP contribution in [0.15, 0.2) is 49.8 Å². The molecule has 0 atom stereocenters. The van der Waals surface area contributed by atoms with Crippen LogP contribution < -0.4 is 10.1 Å². The van der Waals surface area contributed by atoms with Gasteiger partial charge in [-0.15, -0.1) is 0 Å². The van der Waals surface area contributed by atoms with Crippen LogP contribution in [0, 0.1) is 0 Å². The van der Waals surface area contributed by atoms with Crippen molar-refractivity contribution in [2.75, 3.05) is 12.4 Å². The molecule has 2 aromatic carbocycles. The van der Waals surface area contributed by atoms with Crippen molar-refractivity contribution in [3.63, 3.8) is 0 Å². The Morgan fingerprint density at radius 2 is 1.80 bits per heavy atom. The number of carbonyl (C=O) groups excluding carboxylic acids is 1. The van der Waals surface area contributed by atoms with Gasteiger partial charge in [0, 0.05) is 25.2 Å². The summed E-state index contributed by atoms with van der Waals surface area (Å²) in [5, 5.41) is 2.84. The summed E-state index contributed by atoms with van der Waals surface area (Å²) in [6.07, 6.45) is 0. The molecule has 0 saturated heterocycles. The van der Waals surface area contributed by atoms with E-state index in [9.17, 15) is 4.79 Å². The van der Waals surface area contributed by atoms with E-state index in [-0.39, 0.29) is 5.91 Å². The molecule has 6 heteroatoms. The maximum absolute atomic E-state index is 12.2. The highest BCUT2D eigenvalue weighted by Crippen LogP contribution is 2.26. The van der Waals surface area contributed by atoms with Gasteiger partial charge in [-0.25, -0.2) is 0 Å². The first-order valence-electron chi connectivity index (χ1n) is 5.60. The zero-order chi connectivity index (χ0) is 14.7. The fourth-order valence-corrected chi connectivity index (χ4v) is 3.32. The zero-order valence-electron chi connectivity index (χ0n) is 10.4. The highest BCUT2D eigenvalue weighted by molar-refractivity contribution is 9.11. The Hall–Kier alpha value is -0.850. The van der Waals surface area contributed by atoms with Gasteiger partial charge in [-0.3, -0.25) is 4.79 Å². The minimum atomic E-state index is -0.190. The lowest BCUT2D eigenvalue weighted by molar-refractivity contribution is 0.102. The summed E-state index contributed by atoms with van der Waals surface area (Å²) < 4.78 is 7.64. The Kier molecular flexibility index (Phi) is 5.23. The number of carbonyl (C=O) groups is 1. The first-order chi connectivity index (χ1) is 9.49. The van der Waals surface area contributed by atoms with Crippen molar-refractivity contribution in [3.8, 4) is 5.75 Å². The van der Waals surface area contributed by atoms with Crippen molar-refractivity contribution < 1.29 is 9.53 Å². The molecule has 0 aliphatic carbocycles. The molecular weight excluding hydrogens is 454 g/mol. The lowest BCUT2D eigenvalue weighted by Gasteiger charge is -2.09. The van der Waals surface area contributed by atoms with E-state index in [0.29, 0.717) is 17.0 Å². The maximum atomic E-state index is 12.2. The van der Waals surface area contributed by atoms with Gasteiger partial charge in [-0.1, -0.05) is 31.9 Å². The topological polar surface area (TPSA) is 38.3 Å². The number of hydrogen-bond acceptors (Lipinski definition) is 2. The van der Waals surface area contributed by atoms with Crippen LogP contribution in [-0.2, 0) is 0 Å². The fourth-order valence-electron chi connectivity index (χ4n) is 1.62. The lowest BCUT2D eigenvalue weighted by Crippen LogP contribution is -2.12. The molecule has 20 heavy (non-hydrogen) atoms. The quantitative estimate of drug-likeness (QED) is 0.676. The normalized spacial score (nSPS) is 10.2. The predicted molar refractivity (Wildman–Crippen MR) is 90.5 cm³/mol. The fraction of sp³-hybridized carbons (Fsp3) is 0.0714. The van der Waals surface area contributed by atoms with Crippen molar-refractivity contribution in [1.82, 2.24) is 0 Å². The smallest absolute Gasteiger partial charge is 0.256 e. The summed E-state index contributed by atoms with van der Waals surface area (Å²) in [6, 6.07) is 10.8. The van der Waals surface area contributed by atoms with Gasteiger partial charge < -0.3 is 10.1 Å². The van der Waals surface area contributed by atoms with E-state index in [4.69, 9.17) is 4.74 Å². The average Bonchev–Trinajstić information content (AvgIpc) is 2.37. The van der Waals surface area contributed by atoms with E-state index in [1.54, 1.807) is 19.2 Å². The number of ether oxygens (including phenoxy) is 1. The number of amides is 1. The maximum Gasteiger partial charge on any atom is 0.256 e. The van der Waals surface area contributed by atoms with E-state index >= 15 is 0 Å². The van der Waals surface area contributed by atoms with E-state index in [1.807, 2.05) is 24.3 Å². The second-order valence-corrected chi connectivity index (χ2v) is 6.64. The van der Waals surface area contributed by atoms with E-state index in [0.717, 1.165) is 13.4 Å². The first-order valence-corrected chi connectivity index (χ1v) is 7.98. The van der Waals surface area contributed by atoms with Crippen LogP contribution in [0.3, 0.4) is 0 Å². The van der Waals surface area contributed by atoms with Gasteiger partial charge in [-0.05, 0) is 46.3 Å². The Balaban J connectivity index is 2.25. The molecule has 2 aromatic rings. The number of methoxy groups -OCH3 is 1. The molecular formula is C14H10Br3NO2. The molecule has 104 valence electrons. The van der Waals surface area contributed by atoms with Crippen LogP contribution in [0.1, 0.15) is 10.4 Å². The van der Waals surface area contributed by atoms with Crippen molar-refractivity contribution in [2.45, 2.75) is 0 Å². The Morgan fingerprint density at radius 3 is 2.45 bits per heavy atom. The third kappa shape index (κ3) is 3.84. The summed E-state index contributed by atoms with van der Waals surface area (Å²) in [5.74, 6) is 0.481. The van der Waals surface area contributed by atoms with Crippen molar-refractivity contribution >= 4 is 59.4 Å². The molecule has 0 heterocycles. The molecule has 0 aromatic heterocycles. The SMILES string of the molecule is COc1cc(Br)cc(NC(=O)c2ccc(Br)cc2Br)c1. The summed E-state index contributed by atoms with van der Waals surface area (Å²) in [6.45, 7) is 0. The van der Waals surface area contributed by atoms with Crippen LogP contribution >= 0.6 is 47.8 Å². The average molecular weight is 464 g/mol. The van der Waals surface area contributed by atoms with Crippen molar-refractivity contribution in [1.29, 1.82) is 0 Å². The largest absolute Gasteiger partial charge is 0.497 e. The number of rotatable bonds is 3. The first kappa shape index (κ1) is 15.5. The lowest BCUT2D eigenvalue weighted by atomic mass is 10.2. The number of nitrogens with one attached hydrogen (secondary N) is 1. The Labute approximate surface area is 142 Å². The van der Waals surface area contributed by atoms with Gasteiger partial charge in [0.15, 0.2) is 0 Å². The molecule has 2 rings (SSSR count). The Morgan fingerprint density at radius 1 is 1.05 bits per heavy atom. The number of anilines is 1. The molecule has 0 aliphatic rings. The van der Waals surface area contributed by atoms with Gasteiger partial charge in [0.05, 0.1) is 12.7 Å². The second kappa shape index (κ2) is 6.74. The summed E-state index contributed by atoms with van der Waals surface area (Å²) >= 11 is 10.1. The highest BCUT2D eigenvalue weighted by Gasteiger charge is 2.11. The zero-order valence-corrected chi connectivity index (χ0v) is 15.2. The number of hydrogen-bond donors (Lipinski definition) is 1. The molecule has 0 saturated carbocycles. The molecule has 0 spiro atoms. The molecule has 1 N–H and O–H groups in total. The highest BCUT2D eigenvalue weighted by atomic mass is 79.9. The molecule has 0 bridgehead atoms. The second-order valence-electron chi connectivity index (χ2n) is 3.96. The van der Waals surface area contributed by atoms with E-state index < -0.39 is 0 Å². The van der Waals surface area contributed by atoms with Crippen molar-refractivity contribution in [2.24, 2.45) is 0 Å². The molecule has 1 amide bonds. The summed E-state index contributed by atoms with van der Waals surface area (Å²) in [4.78, 5) is 12.2. The van der Waals surface area contributed by atoms with E-state index in [1.165, 1.54) is 0 Å². The minimum Gasteiger partial charge on any atom is -0.497 e. The molecule has 3 nitrogen and oxygen atoms in total. The van der Waals surface area contributed by atoms with Gasteiger partial charge in [0.25, 0.3) is 5.91 Å². The van der Waals surface area contributed by atoms with Gasteiger partial charge in [0.2, 0.25) is 0 Å². The number of halogens is 3. The van der Waals surface area contributed by atoms with Crippen LogP contribution in [-0.4, -0.2) is 13.0 Å². The molecule has 0 fully saturated rings. The van der Waals surface area contributed by atoms with Crippen LogP contribution in [0.2, 0.25) is 0 Å². The Bertz CT molecular complexity index is 659. The van der Waals surface area contributed by atoms with Gasteiger partial charge in [0.1, 0.15) is 5.75 Å². The molecule has 0 unspecified atom stereocenters.